The third-order valence-electron chi connectivity index (χ3n) is 5.06. The van der Waals surface area contributed by atoms with Crippen molar-refractivity contribution in [2.45, 2.75) is 26.8 Å². The van der Waals surface area contributed by atoms with Crippen molar-refractivity contribution in [1.82, 2.24) is 14.5 Å². The predicted octanol–water partition coefficient (Wildman–Crippen LogP) is 4.15. The highest BCUT2D eigenvalue weighted by atomic mass is 19.4. The molecule has 8 nitrogen and oxygen atoms in total. The Kier molecular flexibility index (Phi) is 7.44. The van der Waals surface area contributed by atoms with Crippen molar-refractivity contribution in [3.8, 4) is 11.4 Å². The normalized spacial score (nSPS) is 11.5. The summed E-state index contributed by atoms with van der Waals surface area (Å²) in [6.45, 7) is 3.95. The van der Waals surface area contributed by atoms with Gasteiger partial charge in [0.15, 0.2) is 5.82 Å². The van der Waals surface area contributed by atoms with Crippen LogP contribution < -0.4 is 15.6 Å². The van der Waals surface area contributed by atoms with Crippen LogP contribution in [0.2, 0.25) is 0 Å². The smallest absolute Gasteiger partial charge is 0.480 e. The molecule has 0 bridgehead atoms. The van der Waals surface area contributed by atoms with Crippen molar-refractivity contribution >= 4 is 17.5 Å². The van der Waals surface area contributed by atoms with Crippen LogP contribution in [-0.2, 0) is 11.3 Å². The molecule has 0 unspecified atom stereocenters. The number of anilines is 2. The first-order chi connectivity index (χ1) is 16.3. The van der Waals surface area contributed by atoms with E-state index in [1.165, 1.54) is 17.0 Å². The summed E-state index contributed by atoms with van der Waals surface area (Å²) in [4.78, 5) is 29.5. The van der Waals surface area contributed by atoms with Gasteiger partial charge in [-0.15, -0.1) is 13.2 Å². The second-order valence-electron chi connectivity index (χ2n) is 7.89. The molecule has 0 aliphatic rings. The third kappa shape index (κ3) is 6.57. The summed E-state index contributed by atoms with van der Waals surface area (Å²) in [5.41, 5.74) is 2.22. The lowest BCUT2D eigenvalue weighted by Crippen LogP contribution is -2.26. The van der Waals surface area contributed by atoms with Crippen molar-refractivity contribution < 1.29 is 32.2 Å². The quantitative estimate of drug-likeness (QED) is 0.454. The number of carboxylic acids is 1. The molecule has 0 aliphatic carbocycles. The van der Waals surface area contributed by atoms with Gasteiger partial charge in [0.25, 0.3) is 5.56 Å². The van der Waals surface area contributed by atoms with E-state index in [0.29, 0.717) is 18.3 Å². The van der Waals surface area contributed by atoms with Gasteiger partial charge in [0.1, 0.15) is 11.6 Å². The summed E-state index contributed by atoms with van der Waals surface area (Å²) in [6.07, 6.45) is -2.22. The number of ether oxygens (including phenoxy) is 1. The molecule has 186 valence electrons. The van der Waals surface area contributed by atoms with E-state index >= 15 is 0 Å². The molecule has 0 saturated heterocycles. The Morgan fingerprint density at radius 3 is 2.43 bits per heavy atom. The summed E-state index contributed by atoms with van der Waals surface area (Å²) in [7, 11) is 1.69. The molecule has 0 spiro atoms. The highest BCUT2D eigenvalue weighted by molar-refractivity contribution is 5.69. The van der Waals surface area contributed by atoms with E-state index in [1.807, 2.05) is 13.8 Å². The maximum absolute atomic E-state index is 14.3. The number of aryl methyl sites for hydroxylation is 2. The number of nitrogens with zero attached hydrogens (tertiary/aromatic N) is 3. The summed E-state index contributed by atoms with van der Waals surface area (Å²) in [5.74, 6) is -2.98. The third-order valence-corrected chi connectivity index (χ3v) is 5.06. The Morgan fingerprint density at radius 1 is 1.20 bits per heavy atom. The van der Waals surface area contributed by atoms with Crippen LogP contribution in [0.5, 0.6) is 5.75 Å². The molecule has 2 N–H and O–H groups in total. The molecular formula is C23H22F4N4O4. The topological polar surface area (TPSA) is 96.7 Å². The minimum Gasteiger partial charge on any atom is -0.480 e. The number of carbonyl (C=O) groups is 1. The lowest BCUT2D eigenvalue weighted by Gasteiger charge is -2.19. The number of aromatic nitrogens is 2. The maximum Gasteiger partial charge on any atom is 0.573 e. The molecular weight excluding hydrogens is 472 g/mol. The Balaban J connectivity index is 1.88. The largest absolute Gasteiger partial charge is 0.573 e. The average Bonchev–Trinajstić information content (AvgIpc) is 2.72. The number of aliphatic carboxylic acids is 1. The molecule has 0 atom stereocenters. The molecule has 0 saturated carbocycles. The summed E-state index contributed by atoms with van der Waals surface area (Å²) < 4.78 is 56.3. The summed E-state index contributed by atoms with van der Waals surface area (Å²) >= 11 is 0. The molecule has 3 rings (SSSR count). The lowest BCUT2D eigenvalue weighted by molar-refractivity contribution is -0.274. The van der Waals surface area contributed by atoms with Crippen LogP contribution in [0, 0.1) is 19.7 Å². The van der Waals surface area contributed by atoms with Crippen molar-refractivity contribution in [3.05, 3.63) is 75.6 Å². The van der Waals surface area contributed by atoms with Gasteiger partial charge in [-0.3, -0.25) is 19.1 Å². The number of carboxylic acid groups (broad SMARTS) is 1. The predicted molar refractivity (Wildman–Crippen MR) is 120 cm³/mol. The van der Waals surface area contributed by atoms with Gasteiger partial charge in [-0.25, -0.2) is 9.37 Å². The average molecular weight is 494 g/mol. The van der Waals surface area contributed by atoms with Crippen LogP contribution in [0.1, 0.15) is 16.7 Å². The molecule has 12 heteroatoms. The fourth-order valence-corrected chi connectivity index (χ4v) is 3.54. The molecule has 1 aromatic heterocycles. The van der Waals surface area contributed by atoms with E-state index in [-0.39, 0.29) is 18.1 Å². The second-order valence-corrected chi connectivity index (χ2v) is 7.89. The zero-order valence-electron chi connectivity index (χ0n) is 19.0. The standard InChI is InChI=1S/C23H22F4N4O4/c1-13-8-15(9-14(2)17(13)11-30(3)12-20(32)33)31-7-6-28-21(22(31)34)29-19-5-4-16(10-18(19)24)35-23(25,26)27/h4-10H,11-12H2,1-3H3,(H,28,29)(H,32,33). The van der Waals surface area contributed by atoms with Gasteiger partial charge in [0.05, 0.1) is 12.2 Å². The van der Waals surface area contributed by atoms with Crippen molar-refractivity contribution in [3.63, 3.8) is 0 Å². The highest BCUT2D eigenvalue weighted by Crippen LogP contribution is 2.27. The molecule has 2 aromatic carbocycles. The number of nitrogens with one attached hydrogen (secondary N) is 1. The minimum absolute atomic E-state index is 0.126. The second kappa shape index (κ2) is 10.1. The van der Waals surface area contributed by atoms with E-state index in [9.17, 15) is 27.2 Å². The molecule has 35 heavy (non-hydrogen) atoms. The number of halogens is 4. The van der Waals surface area contributed by atoms with Crippen molar-refractivity contribution in [2.75, 3.05) is 18.9 Å². The number of hydrogen-bond donors (Lipinski definition) is 2. The van der Waals surface area contributed by atoms with Crippen LogP contribution in [0.4, 0.5) is 29.1 Å². The van der Waals surface area contributed by atoms with Crippen LogP contribution in [0.25, 0.3) is 5.69 Å². The first-order valence-corrected chi connectivity index (χ1v) is 10.2. The summed E-state index contributed by atoms with van der Waals surface area (Å²) in [6, 6.07) is 5.97. The Hall–Kier alpha value is -3.93. The van der Waals surface area contributed by atoms with Crippen LogP contribution in [0.3, 0.4) is 0 Å². The summed E-state index contributed by atoms with van der Waals surface area (Å²) in [5, 5.41) is 11.5. The van der Waals surface area contributed by atoms with E-state index < -0.39 is 29.5 Å². The van der Waals surface area contributed by atoms with E-state index in [4.69, 9.17) is 5.11 Å². The monoisotopic (exact) mass is 494 g/mol. The fraction of sp³-hybridized carbons (Fsp3) is 0.261. The molecule has 0 fully saturated rings. The van der Waals surface area contributed by atoms with E-state index in [1.54, 1.807) is 24.1 Å². The van der Waals surface area contributed by atoms with Gasteiger partial charge in [-0.05, 0) is 61.9 Å². The molecule has 1 heterocycles. The Labute approximate surface area is 197 Å². The number of likely N-dealkylation sites (N-methyl/N-ethyl adjacent to an activating group) is 1. The van der Waals surface area contributed by atoms with Gasteiger partial charge in [-0.2, -0.15) is 0 Å². The zero-order valence-corrected chi connectivity index (χ0v) is 19.0. The van der Waals surface area contributed by atoms with Gasteiger partial charge in [-0.1, -0.05) is 0 Å². The lowest BCUT2D eigenvalue weighted by atomic mass is 10.0. The first kappa shape index (κ1) is 25.7. The number of alkyl halides is 3. The van der Waals surface area contributed by atoms with Gasteiger partial charge >= 0.3 is 12.3 Å². The number of rotatable bonds is 8. The highest BCUT2D eigenvalue weighted by Gasteiger charge is 2.31. The van der Waals surface area contributed by atoms with Crippen LogP contribution in [-0.4, -0.2) is 45.5 Å². The van der Waals surface area contributed by atoms with Crippen LogP contribution >= 0.6 is 0 Å². The van der Waals surface area contributed by atoms with Crippen LogP contribution in [0.15, 0.2) is 47.5 Å². The molecule has 0 radical (unpaired) electrons. The SMILES string of the molecule is Cc1cc(-n2ccnc(Nc3ccc(OC(F)(F)F)cc3F)c2=O)cc(C)c1CN(C)CC(=O)O. The van der Waals surface area contributed by atoms with Crippen molar-refractivity contribution in [1.29, 1.82) is 0 Å². The van der Waals surface area contributed by atoms with Gasteiger partial charge in [0, 0.05) is 30.7 Å². The fourth-order valence-electron chi connectivity index (χ4n) is 3.54. The molecule has 3 aromatic rings. The Bertz CT molecular complexity index is 1280. The Morgan fingerprint density at radius 2 is 1.86 bits per heavy atom. The van der Waals surface area contributed by atoms with Crippen molar-refractivity contribution in [2.24, 2.45) is 0 Å². The number of benzene rings is 2. The minimum atomic E-state index is -4.96. The van der Waals surface area contributed by atoms with Gasteiger partial charge < -0.3 is 15.2 Å². The maximum atomic E-state index is 14.3. The molecule has 0 aliphatic heterocycles. The molecule has 0 amide bonds. The van der Waals surface area contributed by atoms with E-state index in [0.717, 1.165) is 28.8 Å². The van der Waals surface area contributed by atoms with E-state index in [2.05, 4.69) is 15.0 Å². The zero-order chi connectivity index (χ0) is 25.9. The number of hydrogen-bond acceptors (Lipinski definition) is 6. The van der Waals surface area contributed by atoms with Gasteiger partial charge in [0.2, 0.25) is 0 Å². The first-order valence-electron chi connectivity index (χ1n) is 10.2.